The van der Waals surface area contributed by atoms with Gasteiger partial charge in [0.2, 0.25) is 5.91 Å². The van der Waals surface area contributed by atoms with Crippen LogP contribution in [0.1, 0.15) is 24.5 Å². The zero-order valence-electron chi connectivity index (χ0n) is 17.5. The lowest BCUT2D eigenvalue weighted by Gasteiger charge is -2.16. The zero-order valence-corrected chi connectivity index (χ0v) is 18.3. The van der Waals surface area contributed by atoms with E-state index in [2.05, 4.69) is 52.0 Å². The summed E-state index contributed by atoms with van der Waals surface area (Å²) in [6.45, 7) is 6.16. The van der Waals surface area contributed by atoms with E-state index in [-0.39, 0.29) is 11.2 Å². The van der Waals surface area contributed by atoms with Gasteiger partial charge < -0.3 is 10.1 Å². The number of fused-ring (bicyclic) bond motifs is 3. The van der Waals surface area contributed by atoms with Crippen LogP contribution in [0.15, 0.2) is 53.7 Å². The molecule has 7 heteroatoms. The number of pyridine rings is 1. The lowest BCUT2D eigenvalue weighted by Crippen LogP contribution is -2.25. The second kappa shape index (κ2) is 8.36. The smallest absolute Gasteiger partial charge is 0.238 e. The molecule has 0 aliphatic heterocycles. The fourth-order valence-corrected chi connectivity index (χ4v) is 4.58. The Hall–Kier alpha value is -3.06. The van der Waals surface area contributed by atoms with Crippen molar-refractivity contribution in [2.24, 2.45) is 0 Å². The van der Waals surface area contributed by atoms with Crippen molar-refractivity contribution in [3.05, 3.63) is 59.7 Å². The molecule has 0 saturated heterocycles. The maximum Gasteiger partial charge on any atom is 0.238 e. The van der Waals surface area contributed by atoms with Gasteiger partial charge in [-0.2, -0.15) is 0 Å². The minimum absolute atomic E-state index is 0.0862. The first kappa shape index (κ1) is 20.2. The van der Waals surface area contributed by atoms with Gasteiger partial charge in [0, 0.05) is 5.39 Å². The normalized spacial score (nSPS) is 12.3. The number of carbonyl (C=O) groups excluding carboxylic acids is 1. The summed E-state index contributed by atoms with van der Waals surface area (Å²) in [7, 11) is 1.59. The number of ether oxygens (including phenoxy) is 1. The first-order valence-electron chi connectivity index (χ1n) is 9.88. The fourth-order valence-electron chi connectivity index (χ4n) is 3.62. The van der Waals surface area contributed by atoms with Crippen LogP contribution in [-0.2, 0) is 4.79 Å². The quantitative estimate of drug-likeness (QED) is 0.444. The van der Waals surface area contributed by atoms with Crippen molar-refractivity contribution in [1.29, 1.82) is 0 Å². The summed E-state index contributed by atoms with van der Waals surface area (Å²) in [6, 6.07) is 15.7. The predicted octanol–water partition coefficient (Wildman–Crippen LogP) is 5.02. The van der Waals surface area contributed by atoms with Crippen molar-refractivity contribution in [1.82, 2.24) is 14.6 Å². The Kier molecular flexibility index (Phi) is 5.63. The van der Waals surface area contributed by atoms with E-state index in [1.807, 2.05) is 37.3 Å². The standard InChI is InChI=1S/C23H24N4O2S/c1-5-19(22(28)24-17-11-6-7-12-18(17)29-4)30-23-26-25-20-13-15(3)16-10-8-9-14(2)21(16)27(20)23/h6-13,19H,5H2,1-4H3,(H,24,28). The minimum atomic E-state index is -0.317. The molecule has 0 aliphatic carbocycles. The molecule has 1 unspecified atom stereocenters. The highest BCUT2D eigenvalue weighted by Crippen LogP contribution is 2.32. The minimum Gasteiger partial charge on any atom is -0.495 e. The molecule has 4 aromatic rings. The highest BCUT2D eigenvalue weighted by molar-refractivity contribution is 8.00. The topological polar surface area (TPSA) is 68.5 Å². The molecule has 2 heterocycles. The number of nitrogens with zero attached hydrogens (tertiary/aromatic N) is 3. The molecule has 1 N–H and O–H groups in total. The molecule has 0 saturated carbocycles. The monoisotopic (exact) mass is 420 g/mol. The molecule has 4 rings (SSSR count). The van der Waals surface area contributed by atoms with Crippen LogP contribution in [0.4, 0.5) is 5.69 Å². The van der Waals surface area contributed by atoms with Crippen LogP contribution in [0.3, 0.4) is 0 Å². The molecule has 0 fully saturated rings. The van der Waals surface area contributed by atoms with Gasteiger partial charge in [-0.15, -0.1) is 10.2 Å². The van der Waals surface area contributed by atoms with E-state index in [1.54, 1.807) is 7.11 Å². The summed E-state index contributed by atoms with van der Waals surface area (Å²) in [5, 5.41) is 13.3. The highest BCUT2D eigenvalue weighted by Gasteiger charge is 2.23. The van der Waals surface area contributed by atoms with Crippen molar-refractivity contribution < 1.29 is 9.53 Å². The third-order valence-electron chi connectivity index (χ3n) is 5.17. The number of methoxy groups -OCH3 is 1. The van der Waals surface area contributed by atoms with E-state index in [0.717, 1.165) is 27.7 Å². The van der Waals surface area contributed by atoms with Crippen LogP contribution < -0.4 is 10.1 Å². The van der Waals surface area contributed by atoms with E-state index in [1.165, 1.54) is 11.8 Å². The van der Waals surface area contributed by atoms with Crippen LogP contribution in [-0.4, -0.2) is 32.9 Å². The first-order chi connectivity index (χ1) is 14.5. The molecule has 2 aromatic heterocycles. The number of carbonyl (C=O) groups is 1. The summed E-state index contributed by atoms with van der Waals surface area (Å²) in [5.41, 5.74) is 4.84. The van der Waals surface area contributed by atoms with Crippen molar-refractivity contribution in [2.45, 2.75) is 37.6 Å². The van der Waals surface area contributed by atoms with Crippen molar-refractivity contribution in [3.8, 4) is 5.75 Å². The number of aromatic nitrogens is 3. The summed E-state index contributed by atoms with van der Waals surface area (Å²) in [6.07, 6.45) is 0.656. The SMILES string of the molecule is CCC(Sc1nnc2cc(C)c3cccc(C)c3n12)C(=O)Nc1ccccc1OC. The molecular formula is C23H24N4O2S. The Labute approximate surface area is 179 Å². The lowest BCUT2D eigenvalue weighted by molar-refractivity contribution is -0.115. The Morgan fingerprint density at radius 1 is 1.13 bits per heavy atom. The number of hydrogen-bond donors (Lipinski definition) is 1. The molecule has 154 valence electrons. The van der Waals surface area contributed by atoms with Gasteiger partial charge in [-0.05, 0) is 49.6 Å². The van der Waals surface area contributed by atoms with Gasteiger partial charge in [-0.3, -0.25) is 9.20 Å². The van der Waals surface area contributed by atoms with E-state index >= 15 is 0 Å². The third kappa shape index (κ3) is 3.61. The molecule has 1 atom stereocenters. The number of thioether (sulfide) groups is 1. The van der Waals surface area contributed by atoms with E-state index in [9.17, 15) is 4.79 Å². The van der Waals surface area contributed by atoms with E-state index in [4.69, 9.17) is 4.74 Å². The zero-order chi connectivity index (χ0) is 21.3. The van der Waals surface area contributed by atoms with Crippen LogP contribution >= 0.6 is 11.8 Å². The number of nitrogens with one attached hydrogen (secondary N) is 1. The molecular weight excluding hydrogens is 396 g/mol. The molecule has 0 radical (unpaired) electrons. The number of hydrogen-bond acceptors (Lipinski definition) is 5. The fraction of sp³-hybridized carbons (Fsp3) is 0.261. The number of para-hydroxylation sites is 3. The maximum atomic E-state index is 13.0. The summed E-state index contributed by atoms with van der Waals surface area (Å²) < 4.78 is 7.40. The molecule has 2 aromatic carbocycles. The molecule has 0 aliphatic rings. The summed E-state index contributed by atoms with van der Waals surface area (Å²) in [5.74, 6) is 0.549. The van der Waals surface area contributed by atoms with Crippen molar-refractivity contribution in [3.63, 3.8) is 0 Å². The molecule has 30 heavy (non-hydrogen) atoms. The number of amides is 1. The lowest BCUT2D eigenvalue weighted by atomic mass is 10.1. The Bertz CT molecular complexity index is 1230. The third-order valence-corrected chi connectivity index (χ3v) is 6.47. The van der Waals surface area contributed by atoms with Crippen molar-refractivity contribution in [2.75, 3.05) is 12.4 Å². The highest BCUT2D eigenvalue weighted by atomic mass is 32.2. The van der Waals surface area contributed by atoms with E-state index < -0.39 is 0 Å². The van der Waals surface area contributed by atoms with Gasteiger partial charge >= 0.3 is 0 Å². The van der Waals surface area contributed by atoms with Gasteiger partial charge in [-0.1, -0.05) is 49.0 Å². The van der Waals surface area contributed by atoms with Crippen molar-refractivity contribution >= 4 is 39.9 Å². The van der Waals surface area contributed by atoms with Crippen LogP contribution in [0, 0.1) is 13.8 Å². The first-order valence-corrected chi connectivity index (χ1v) is 10.8. The van der Waals surface area contributed by atoms with Gasteiger partial charge in [0.1, 0.15) is 5.75 Å². The van der Waals surface area contributed by atoms with Gasteiger partial charge in [-0.25, -0.2) is 0 Å². The number of aryl methyl sites for hydroxylation is 2. The summed E-state index contributed by atoms with van der Waals surface area (Å²) >= 11 is 1.43. The molecule has 0 spiro atoms. The molecule has 1 amide bonds. The van der Waals surface area contributed by atoms with Crippen LogP contribution in [0.2, 0.25) is 0 Å². The largest absolute Gasteiger partial charge is 0.495 e. The van der Waals surface area contributed by atoms with Gasteiger partial charge in [0.15, 0.2) is 10.8 Å². The second-order valence-electron chi connectivity index (χ2n) is 7.18. The maximum absolute atomic E-state index is 13.0. The second-order valence-corrected chi connectivity index (χ2v) is 8.35. The average Bonchev–Trinajstić information content (AvgIpc) is 3.14. The number of anilines is 1. The average molecular weight is 421 g/mol. The number of rotatable bonds is 6. The Morgan fingerprint density at radius 2 is 1.93 bits per heavy atom. The molecule has 6 nitrogen and oxygen atoms in total. The van der Waals surface area contributed by atoms with E-state index in [0.29, 0.717) is 23.0 Å². The Morgan fingerprint density at radius 3 is 2.70 bits per heavy atom. The molecule has 0 bridgehead atoms. The number of benzene rings is 2. The van der Waals surface area contributed by atoms with Crippen LogP contribution in [0.5, 0.6) is 5.75 Å². The predicted molar refractivity (Wildman–Crippen MR) is 122 cm³/mol. The summed E-state index contributed by atoms with van der Waals surface area (Å²) in [4.78, 5) is 13.0. The Balaban J connectivity index is 1.70. The van der Waals surface area contributed by atoms with Crippen LogP contribution in [0.25, 0.3) is 16.6 Å². The van der Waals surface area contributed by atoms with Gasteiger partial charge in [0.25, 0.3) is 0 Å². The van der Waals surface area contributed by atoms with Gasteiger partial charge in [0.05, 0.1) is 23.6 Å².